The number of carbonyl (C=O) groups is 1. The standard InChI is InChI=1S/C20H24N2O2S/c23-19(18-12-14-6-1-2-8-16(14)20(24)25-18)21-13-15-7-5-11-22-10-4-3-9-17(15)22/h1-2,6,8,12,15,17H,3-5,7,9-11,13H2,(H,21,23). The molecule has 3 heterocycles. The second-order valence-electron chi connectivity index (χ2n) is 7.20. The minimum atomic E-state index is -0.110. The van der Waals surface area contributed by atoms with Gasteiger partial charge in [-0.3, -0.25) is 9.59 Å². The summed E-state index contributed by atoms with van der Waals surface area (Å²) in [7, 11) is 0. The van der Waals surface area contributed by atoms with Crippen molar-refractivity contribution in [2.45, 2.75) is 38.1 Å². The topological polar surface area (TPSA) is 49.4 Å². The average molecular weight is 356 g/mol. The van der Waals surface area contributed by atoms with E-state index in [9.17, 15) is 9.59 Å². The molecular weight excluding hydrogens is 332 g/mol. The Morgan fingerprint density at radius 2 is 2.00 bits per heavy atom. The Kier molecular flexibility index (Phi) is 4.86. The zero-order valence-electron chi connectivity index (χ0n) is 14.4. The van der Waals surface area contributed by atoms with Crippen molar-refractivity contribution in [2.75, 3.05) is 19.6 Å². The van der Waals surface area contributed by atoms with Gasteiger partial charge in [0.05, 0.1) is 4.88 Å². The molecular formula is C20H24N2O2S. The van der Waals surface area contributed by atoms with E-state index in [-0.39, 0.29) is 10.6 Å². The van der Waals surface area contributed by atoms with Crippen LogP contribution in [0.5, 0.6) is 0 Å². The lowest BCUT2D eigenvalue weighted by Crippen LogP contribution is -2.50. The predicted molar refractivity (Wildman–Crippen MR) is 102 cm³/mol. The van der Waals surface area contributed by atoms with Crippen LogP contribution in [-0.2, 0) is 0 Å². The van der Waals surface area contributed by atoms with Gasteiger partial charge in [0.2, 0.25) is 4.74 Å². The van der Waals surface area contributed by atoms with Gasteiger partial charge in [-0.1, -0.05) is 36.0 Å². The molecule has 5 heteroatoms. The Balaban J connectivity index is 1.46. The van der Waals surface area contributed by atoms with Crippen molar-refractivity contribution >= 4 is 28.0 Å². The van der Waals surface area contributed by atoms with Crippen LogP contribution in [0.1, 0.15) is 41.8 Å². The molecule has 2 aliphatic rings. The van der Waals surface area contributed by atoms with Crippen LogP contribution in [0.3, 0.4) is 0 Å². The molecule has 2 fully saturated rings. The second kappa shape index (κ2) is 7.26. The molecule has 2 unspecified atom stereocenters. The monoisotopic (exact) mass is 356 g/mol. The Labute approximate surface area is 151 Å². The van der Waals surface area contributed by atoms with Crippen LogP contribution < -0.4 is 10.1 Å². The zero-order valence-corrected chi connectivity index (χ0v) is 15.2. The van der Waals surface area contributed by atoms with Crippen LogP contribution in [-0.4, -0.2) is 36.5 Å². The number of nitrogens with one attached hydrogen (secondary N) is 1. The van der Waals surface area contributed by atoms with Gasteiger partial charge in [0.25, 0.3) is 5.91 Å². The molecule has 0 aliphatic carbocycles. The first-order chi connectivity index (χ1) is 12.2. The lowest BCUT2D eigenvalue weighted by Gasteiger charge is -2.44. The molecule has 1 aromatic carbocycles. The van der Waals surface area contributed by atoms with Gasteiger partial charge in [-0.05, 0) is 62.2 Å². The predicted octanol–water partition coefficient (Wildman–Crippen LogP) is 3.26. The van der Waals surface area contributed by atoms with Gasteiger partial charge in [-0.25, -0.2) is 0 Å². The minimum Gasteiger partial charge on any atom is -0.351 e. The molecule has 4 nitrogen and oxygen atoms in total. The zero-order chi connectivity index (χ0) is 17.2. The van der Waals surface area contributed by atoms with Crippen LogP contribution in [0.4, 0.5) is 0 Å². The van der Waals surface area contributed by atoms with E-state index in [1.165, 1.54) is 45.2 Å². The van der Waals surface area contributed by atoms with Crippen LogP contribution in [0.2, 0.25) is 0 Å². The summed E-state index contributed by atoms with van der Waals surface area (Å²) in [5.41, 5.74) is 0. The molecule has 1 amide bonds. The van der Waals surface area contributed by atoms with Crippen molar-refractivity contribution in [3.63, 3.8) is 0 Å². The molecule has 0 radical (unpaired) electrons. The van der Waals surface area contributed by atoms with Gasteiger partial charge >= 0.3 is 0 Å². The van der Waals surface area contributed by atoms with Crippen molar-refractivity contribution in [1.29, 1.82) is 0 Å². The third kappa shape index (κ3) is 3.48. The smallest absolute Gasteiger partial charge is 0.261 e. The highest BCUT2D eigenvalue weighted by molar-refractivity contribution is 7.12. The van der Waals surface area contributed by atoms with E-state index in [1.54, 1.807) is 0 Å². The highest BCUT2D eigenvalue weighted by Crippen LogP contribution is 2.30. The van der Waals surface area contributed by atoms with E-state index >= 15 is 0 Å². The first-order valence-electron chi connectivity index (χ1n) is 9.27. The third-order valence-electron chi connectivity index (χ3n) is 5.65. The summed E-state index contributed by atoms with van der Waals surface area (Å²) in [6.45, 7) is 3.14. The number of fused-ring (bicyclic) bond motifs is 2. The van der Waals surface area contributed by atoms with Crippen molar-refractivity contribution in [3.8, 4) is 0 Å². The lowest BCUT2D eigenvalue weighted by molar-refractivity contribution is 0.0576. The molecule has 2 saturated heterocycles. The largest absolute Gasteiger partial charge is 0.351 e. The van der Waals surface area contributed by atoms with Crippen LogP contribution in [0.25, 0.3) is 10.8 Å². The SMILES string of the molecule is O=C(NCC1CCCN2CCCCC12)c1cc2ccccc2c(=O)s1. The number of piperidine rings is 2. The molecule has 4 rings (SSSR count). The van der Waals surface area contributed by atoms with Gasteiger partial charge in [0.1, 0.15) is 0 Å². The van der Waals surface area contributed by atoms with Crippen LogP contribution in [0.15, 0.2) is 35.1 Å². The highest BCUT2D eigenvalue weighted by atomic mass is 32.1. The number of benzene rings is 1. The van der Waals surface area contributed by atoms with Crippen molar-refractivity contribution in [3.05, 3.63) is 44.7 Å². The number of nitrogens with zero attached hydrogens (tertiary/aromatic N) is 1. The summed E-state index contributed by atoms with van der Waals surface area (Å²) in [5.74, 6) is 0.427. The number of hydrogen-bond acceptors (Lipinski definition) is 4. The summed E-state index contributed by atoms with van der Waals surface area (Å²) in [6, 6.07) is 9.92. The van der Waals surface area contributed by atoms with E-state index in [0.717, 1.165) is 16.7 Å². The number of rotatable bonds is 3. The average Bonchev–Trinajstić information content (AvgIpc) is 2.66. The molecule has 0 bridgehead atoms. The summed E-state index contributed by atoms with van der Waals surface area (Å²) in [5, 5.41) is 4.63. The molecule has 1 aromatic heterocycles. The fraction of sp³-hybridized carbons (Fsp3) is 0.500. The minimum absolute atomic E-state index is 0.0422. The van der Waals surface area contributed by atoms with Gasteiger partial charge in [0.15, 0.2) is 0 Å². The molecule has 25 heavy (non-hydrogen) atoms. The van der Waals surface area contributed by atoms with Gasteiger partial charge in [-0.2, -0.15) is 0 Å². The quantitative estimate of drug-likeness (QED) is 0.918. The first kappa shape index (κ1) is 16.7. The van der Waals surface area contributed by atoms with Crippen molar-refractivity contribution < 1.29 is 4.79 Å². The van der Waals surface area contributed by atoms with Crippen molar-refractivity contribution in [1.82, 2.24) is 10.2 Å². The molecule has 1 N–H and O–H groups in total. The third-order valence-corrected chi connectivity index (χ3v) is 6.58. The maximum Gasteiger partial charge on any atom is 0.261 e. The lowest BCUT2D eigenvalue weighted by atomic mass is 9.83. The fourth-order valence-corrected chi connectivity index (χ4v) is 5.22. The van der Waals surface area contributed by atoms with Crippen molar-refractivity contribution in [2.24, 2.45) is 5.92 Å². The highest BCUT2D eigenvalue weighted by Gasteiger charge is 2.33. The number of amides is 1. The Bertz CT molecular complexity index is 830. The summed E-state index contributed by atoms with van der Waals surface area (Å²) in [6.07, 6.45) is 6.28. The number of carbonyl (C=O) groups excluding carboxylic acids is 1. The molecule has 2 aromatic rings. The van der Waals surface area contributed by atoms with Gasteiger partial charge in [0, 0.05) is 18.0 Å². The maximum absolute atomic E-state index is 12.6. The van der Waals surface area contributed by atoms with Crippen LogP contribution >= 0.6 is 11.3 Å². The molecule has 2 atom stereocenters. The fourth-order valence-electron chi connectivity index (χ4n) is 4.37. The number of hydrogen-bond donors (Lipinski definition) is 1. The van der Waals surface area contributed by atoms with Gasteiger partial charge in [-0.15, -0.1) is 0 Å². The van der Waals surface area contributed by atoms with E-state index in [1.807, 2.05) is 30.3 Å². The summed E-state index contributed by atoms with van der Waals surface area (Å²) >= 11 is 1.05. The summed E-state index contributed by atoms with van der Waals surface area (Å²) in [4.78, 5) is 27.9. The Morgan fingerprint density at radius 1 is 1.16 bits per heavy atom. The normalized spacial score (nSPS) is 24.0. The van der Waals surface area contributed by atoms with Gasteiger partial charge < -0.3 is 10.2 Å². The molecule has 2 aliphatic heterocycles. The Hall–Kier alpha value is -1.72. The van der Waals surface area contributed by atoms with E-state index in [0.29, 0.717) is 28.8 Å². The van der Waals surface area contributed by atoms with Crippen LogP contribution in [0, 0.1) is 5.92 Å². The second-order valence-corrected chi connectivity index (χ2v) is 8.21. The van der Waals surface area contributed by atoms with E-state index in [2.05, 4.69) is 10.2 Å². The summed E-state index contributed by atoms with van der Waals surface area (Å²) < 4.78 is -0.0422. The molecule has 132 valence electrons. The molecule has 0 saturated carbocycles. The first-order valence-corrected chi connectivity index (χ1v) is 10.1. The Morgan fingerprint density at radius 3 is 2.92 bits per heavy atom. The van der Waals surface area contributed by atoms with E-state index < -0.39 is 0 Å². The maximum atomic E-state index is 12.6. The van der Waals surface area contributed by atoms with E-state index in [4.69, 9.17) is 0 Å². The molecule has 0 spiro atoms.